The highest BCUT2D eigenvalue weighted by atomic mass is 16.1. The second kappa shape index (κ2) is 3.44. The van der Waals surface area contributed by atoms with E-state index in [0.29, 0.717) is 5.78 Å². The molecule has 15 heavy (non-hydrogen) atoms. The van der Waals surface area contributed by atoms with E-state index in [9.17, 15) is 4.79 Å². The Morgan fingerprint density at radius 3 is 2.47 bits per heavy atom. The molecule has 80 valence electrons. The number of ketones is 1. The highest BCUT2D eigenvalue weighted by Crippen LogP contribution is 2.53. The lowest BCUT2D eigenvalue weighted by molar-refractivity contribution is -0.122. The summed E-state index contributed by atoms with van der Waals surface area (Å²) in [5.74, 6) is 0.659. The Hall–Kier alpha value is -1.18. The number of hydrogen-bond acceptors (Lipinski definition) is 2. The van der Waals surface area contributed by atoms with Crippen molar-refractivity contribution < 1.29 is 4.79 Å². The van der Waals surface area contributed by atoms with Gasteiger partial charge in [-0.25, -0.2) is 0 Å². The van der Waals surface area contributed by atoms with Crippen molar-refractivity contribution >= 4 is 5.78 Å². The Kier molecular flexibility index (Phi) is 2.37. The molecule has 2 unspecified atom stereocenters. The van der Waals surface area contributed by atoms with Crippen LogP contribution in [-0.2, 0) is 4.79 Å². The molecule has 0 saturated heterocycles. The second-order valence-corrected chi connectivity index (χ2v) is 5.15. The molecule has 0 aromatic carbocycles. The zero-order valence-electron chi connectivity index (χ0n) is 9.53. The molecule has 0 bridgehead atoms. The minimum Gasteiger partial charge on any atom is -0.299 e. The number of pyridine rings is 1. The van der Waals surface area contributed by atoms with E-state index in [1.807, 2.05) is 19.1 Å². The van der Waals surface area contributed by atoms with Crippen LogP contribution in [0.15, 0.2) is 24.5 Å². The van der Waals surface area contributed by atoms with Gasteiger partial charge >= 0.3 is 0 Å². The lowest BCUT2D eigenvalue weighted by Crippen LogP contribution is -2.14. The zero-order valence-corrected chi connectivity index (χ0v) is 9.53. The summed E-state index contributed by atoms with van der Waals surface area (Å²) in [6, 6.07) is 3.86. The maximum atomic E-state index is 12.1. The molecule has 0 amide bonds. The van der Waals surface area contributed by atoms with Gasteiger partial charge in [-0.3, -0.25) is 9.78 Å². The van der Waals surface area contributed by atoms with Crippen LogP contribution in [0.2, 0.25) is 0 Å². The quantitative estimate of drug-likeness (QED) is 0.756. The summed E-state index contributed by atoms with van der Waals surface area (Å²) in [5, 5.41) is 0. The highest BCUT2D eigenvalue weighted by molar-refractivity contribution is 5.90. The minimum atomic E-state index is 0.0137. The van der Waals surface area contributed by atoms with Crippen LogP contribution in [0.25, 0.3) is 0 Å². The van der Waals surface area contributed by atoms with Crippen molar-refractivity contribution in [3.63, 3.8) is 0 Å². The first kappa shape index (κ1) is 10.3. The van der Waals surface area contributed by atoms with Crippen molar-refractivity contribution in [2.45, 2.75) is 33.1 Å². The first-order valence-corrected chi connectivity index (χ1v) is 5.46. The summed E-state index contributed by atoms with van der Waals surface area (Å²) in [4.78, 5) is 16.1. The van der Waals surface area contributed by atoms with Gasteiger partial charge in [0, 0.05) is 24.2 Å². The molecule has 0 N–H and O–H groups in total. The smallest absolute Gasteiger partial charge is 0.143 e. The summed E-state index contributed by atoms with van der Waals surface area (Å²) in [7, 11) is 0. The van der Waals surface area contributed by atoms with Gasteiger partial charge < -0.3 is 0 Å². The van der Waals surface area contributed by atoms with Crippen LogP contribution in [0, 0.1) is 11.3 Å². The molecule has 0 spiro atoms. The molecule has 2 nitrogen and oxygen atoms in total. The average molecular weight is 203 g/mol. The minimum absolute atomic E-state index is 0.0137. The molecule has 1 aliphatic carbocycles. The van der Waals surface area contributed by atoms with Gasteiger partial charge in [0.1, 0.15) is 5.78 Å². The molecule has 0 radical (unpaired) electrons. The van der Waals surface area contributed by atoms with E-state index in [1.54, 1.807) is 12.4 Å². The van der Waals surface area contributed by atoms with Gasteiger partial charge in [-0.05, 0) is 29.5 Å². The summed E-state index contributed by atoms with van der Waals surface area (Å²) in [6.45, 7) is 6.32. The maximum Gasteiger partial charge on any atom is 0.143 e. The Balaban J connectivity index is 2.10. The van der Waals surface area contributed by atoms with E-state index in [4.69, 9.17) is 0 Å². The van der Waals surface area contributed by atoms with Gasteiger partial charge in [0.25, 0.3) is 0 Å². The van der Waals surface area contributed by atoms with Gasteiger partial charge in [-0.15, -0.1) is 0 Å². The van der Waals surface area contributed by atoms with E-state index >= 15 is 0 Å². The Morgan fingerprint density at radius 2 is 2.00 bits per heavy atom. The lowest BCUT2D eigenvalue weighted by Gasteiger charge is -2.11. The fourth-order valence-corrected chi connectivity index (χ4v) is 2.07. The van der Waals surface area contributed by atoms with Crippen molar-refractivity contribution in [2.75, 3.05) is 0 Å². The van der Waals surface area contributed by atoms with E-state index < -0.39 is 0 Å². The SMILES string of the molecule is CC(C(=O)C1CC1(C)C)c1ccncc1. The highest BCUT2D eigenvalue weighted by Gasteiger charge is 2.51. The molecule has 2 atom stereocenters. The average Bonchev–Trinajstić information content (AvgIpc) is 2.87. The molecule has 1 heterocycles. The largest absolute Gasteiger partial charge is 0.299 e. The third kappa shape index (κ3) is 1.94. The van der Waals surface area contributed by atoms with Crippen molar-refractivity contribution in [1.29, 1.82) is 0 Å². The fourth-order valence-electron chi connectivity index (χ4n) is 2.07. The van der Waals surface area contributed by atoms with E-state index in [-0.39, 0.29) is 17.3 Å². The van der Waals surface area contributed by atoms with Crippen molar-refractivity contribution in [3.8, 4) is 0 Å². The number of aromatic nitrogens is 1. The number of carbonyl (C=O) groups is 1. The second-order valence-electron chi connectivity index (χ2n) is 5.15. The molecular weight excluding hydrogens is 186 g/mol. The fraction of sp³-hybridized carbons (Fsp3) is 0.538. The number of rotatable bonds is 3. The van der Waals surface area contributed by atoms with Gasteiger partial charge in [0.15, 0.2) is 0 Å². The molecule has 2 rings (SSSR count). The van der Waals surface area contributed by atoms with Crippen LogP contribution in [0.1, 0.15) is 38.7 Å². The van der Waals surface area contributed by atoms with Crippen LogP contribution in [-0.4, -0.2) is 10.8 Å². The zero-order chi connectivity index (χ0) is 11.1. The van der Waals surface area contributed by atoms with E-state index in [1.165, 1.54) is 0 Å². The van der Waals surface area contributed by atoms with E-state index in [0.717, 1.165) is 12.0 Å². The van der Waals surface area contributed by atoms with Crippen molar-refractivity contribution in [3.05, 3.63) is 30.1 Å². The predicted octanol–water partition coefficient (Wildman–Crippen LogP) is 2.80. The molecule has 1 aliphatic rings. The molecule has 1 aromatic rings. The topological polar surface area (TPSA) is 30.0 Å². The van der Waals surface area contributed by atoms with Gasteiger partial charge in [-0.2, -0.15) is 0 Å². The summed E-state index contributed by atoms with van der Waals surface area (Å²) in [6.07, 6.45) is 4.54. The summed E-state index contributed by atoms with van der Waals surface area (Å²) >= 11 is 0. The summed E-state index contributed by atoms with van der Waals surface area (Å²) in [5.41, 5.74) is 1.32. The molecule has 1 fully saturated rings. The summed E-state index contributed by atoms with van der Waals surface area (Å²) < 4.78 is 0. The first-order valence-electron chi connectivity index (χ1n) is 5.46. The van der Waals surface area contributed by atoms with E-state index in [2.05, 4.69) is 18.8 Å². The number of nitrogens with zero attached hydrogens (tertiary/aromatic N) is 1. The van der Waals surface area contributed by atoms with Gasteiger partial charge in [-0.1, -0.05) is 20.8 Å². The number of hydrogen-bond donors (Lipinski definition) is 0. The molecule has 1 aromatic heterocycles. The molecule has 0 aliphatic heterocycles. The monoisotopic (exact) mass is 203 g/mol. The van der Waals surface area contributed by atoms with Crippen LogP contribution >= 0.6 is 0 Å². The van der Waals surface area contributed by atoms with Crippen molar-refractivity contribution in [2.24, 2.45) is 11.3 Å². The standard InChI is InChI=1S/C13H17NO/c1-9(10-4-6-14-7-5-10)12(15)11-8-13(11,2)3/h4-7,9,11H,8H2,1-3H3. The first-order chi connectivity index (χ1) is 7.02. The molecule has 1 saturated carbocycles. The Labute approximate surface area is 90.7 Å². The lowest BCUT2D eigenvalue weighted by atomic mass is 9.92. The number of carbonyl (C=O) groups excluding carboxylic acids is 1. The molecular formula is C13H17NO. The third-order valence-electron chi connectivity index (χ3n) is 3.49. The normalized spacial score (nSPS) is 24.6. The number of Topliss-reactive ketones (excluding diaryl/α,β-unsaturated/α-hetero) is 1. The third-order valence-corrected chi connectivity index (χ3v) is 3.49. The van der Waals surface area contributed by atoms with Crippen LogP contribution < -0.4 is 0 Å². The van der Waals surface area contributed by atoms with Gasteiger partial charge in [0.2, 0.25) is 0 Å². The molecule has 2 heteroatoms. The van der Waals surface area contributed by atoms with Crippen LogP contribution in [0.5, 0.6) is 0 Å². The Bertz CT molecular complexity index is 369. The van der Waals surface area contributed by atoms with Crippen molar-refractivity contribution in [1.82, 2.24) is 4.98 Å². The predicted molar refractivity (Wildman–Crippen MR) is 59.5 cm³/mol. The van der Waals surface area contributed by atoms with Crippen LogP contribution in [0.3, 0.4) is 0 Å². The maximum absolute atomic E-state index is 12.1. The Morgan fingerprint density at radius 1 is 1.47 bits per heavy atom. The van der Waals surface area contributed by atoms with Crippen LogP contribution in [0.4, 0.5) is 0 Å². The van der Waals surface area contributed by atoms with Gasteiger partial charge in [0.05, 0.1) is 0 Å².